The summed E-state index contributed by atoms with van der Waals surface area (Å²) in [5.74, 6) is -0.123. The Morgan fingerprint density at radius 1 is 0.964 bits per heavy atom. The fourth-order valence-electron chi connectivity index (χ4n) is 4.00. The van der Waals surface area contributed by atoms with Crippen molar-refractivity contribution in [1.82, 2.24) is 9.80 Å². The van der Waals surface area contributed by atoms with Crippen LogP contribution in [0, 0.1) is 5.92 Å². The second kappa shape index (κ2) is 8.23. The zero-order valence-electron chi connectivity index (χ0n) is 15.8. The van der Waals surface area contributed by atoms with E-state index in [4.69, 9.17) is 11.6 Å². The zero-order valence-corrected chi connectivity index (χ0v) is 16.5. The van der Waals surface area contributed by atoms with E-state index >= 15 is 0 Å². The molecule has 0 aromatic heterocycles. The minimum atomic E-state index is -0.252. The summed E-state index contributed by atoms with van der Waals surface area (Å²) in [7, 11) is 0. The largest absolute Gasteiger partial charge is 0.368 e. The predicted octanol–water partition coefficient (Wildman–Crippen LogP) is 3.04. The van der Waals surface area contributed by atoms with E-state index in [0.29, 0.717) is 37.6 Å². The van der Waals surface area contributed by atoms with Crippen LogP contribution in [0.4, 0.5) is 5.69 Å². The number of carbonyl (C=O) groups is 2. The fraction of sp³-hybridized carbons (Fsp3) is 0.364. The smallest absolute Gasteiger partial charge is 0.228 e. The molecule has 0 aliphatic carbocycles. The standard InChI is InChI=1S/C22H24ClN3O2/c23-20-9-5-4-6-17(20)15-26-16-18(14-21(26)27)22(28)25-12-10-24(11-13-25)19-7-2-1-3-8-19/h1-9,18H,10-16H2/t18-/m1/s1. The number of halogens is 1. The summed E-state index contributed by atoms with van der Waals surface area (Å²) in [6, 6.07) is 17.8. The van der Waals surface area contributed by atoms with Gasteiger partial charge in [-0.3, -0.25) is 9.59 Å². The minimum absolute atomic E-state index is 0.0289. The maximum atomic E-state index is 13.0. The van der Waals surface area contributed by atoms with E-state index in [1.807, 2.05) is 47.4 Å². The first-order valence-corrected chi connectivity index (χ1v) is 10.1. The number of hydrogen-bond donors (Lipinski definition) is 0. The maximum Gasteiger partial charge on any atom is 0.228 e. The first-order valence-electron chi connectivity index (χ1n) is 9.72. The minimum Gasteiger partial charge on any atom is -0.368 e. The highest BCUT2D eigenvalue weighted by atomic mass is 35.5. The van der Waals surface area contributed by atoms with E-state index in [0.717, 1.165) is 18.7 Å². The van der Waals surface area contributed by atoms with Crippen LogP contribution in [0.3, 0.4) is 0 Å². The Bertz CT molecular complexity index is 850. The third-order valence-corrected chi connectivity index (χ3v) is 5.96. The molecule has 4 rings (SSSR count). The van der Waals surface area contributed by atoms with Crippen LogP contribution in [-0.4, -0.2) is 54.3 Å². The highest BCUT2D eigenvalue weighted by Crippen LogP contribution is 2.25. The van der Waals surface area contributed by atoms with Crippen LogP contribution in [0.25, 0.3) is 0 Å². The molecule has 0 radical (unpaired) electrons. The zero-order chi connectivity index (χ0) is 19.5. The van der Waals surface area contributed by atoms with Crippen LogP contribution in [0.2, 0.25) is 5.02 Å². The van der Waals surface area contributed by atoms with E-state index in [9.17, 15) is 9.59 Å². The molecule has 2 aromatic rings. The van der Waals surface area contributed by atoms with E-state index in [1.54, 1.807) is 4.90 Å². The maximum absolute atomic E-state index is 13.0. The van der Waals surface area contributed by atoms with Gasteiger partial charge in [-0.2, -0.15) is 0 Å². The molecule has 0 spiro atoms. The van der Waals surface area contributed by atoms with E-state index in [2.05, 4.69) is 17.0 Å². The van der Waals surface area contributed by atoms with Crippen molar-refractivity contribution < 1.29 is 9.59 Å². The molecule has 0 unspecified atom stereocenters. The lowest BCUT2D eigenvalue weighted by atomic mass is 10.1. The van der Waals surface area contributed by atoms with Gasteiger partial charge < -0.3 is 14.7 Å². The van der Waals surface area contributed by atoms with Crippen molar-refractivity contribution in [1.29, 1.82) is 0 Å². The Labute approximate surface area is 170 Å². The molecule has 0 N–H and O–H groups in total. The number of amides is 2. The van der Waals surface area contributed by atoms with Gasteiger partial charge in [0.25, 0.3) is 0 Å². The summed E-state index contributed by atoms with van der Waals surface area (Å²) in [6.07, 6.45) is 0.294. The van der Waals surface area contributed by atoms with Crippen LogP contribution in [0.1, 0.15) is 12.0 Å². The highest BCUT2D eigenvalue weighted by molar-refractivity contribution is 6.31. The molecule has 2 fully saturated rings. The Morgan fingerprint density at radius 2 is 1.64 bits per heavy atom. The van der Waals surface area contributed by atoms with Gasteiger partial charge in [0.05, 0.1) is 5.92 Å². The van der Waals surface area contributed by atoms with Crippen molar-refractivity contribution in [3.05, 3.63) is 65.2 Å². The monoisotopic (exact) mass is 397 g/mol. The van der Waals surface area contributed by atoms with Gasteiger partial charge in [-0.1, -0.05) is 48.0 Å². The first-order chi connectivity index (χ1) is 13.6. The van der Waals surface area contributed by atoms with Crippen molar-refractivity contribution in [2.45, 2.75) is 13.0 Å². The van der Waals surface area contributed by atoms with E-state index in [1.165, 1.54) is 5.69 Å². The van der Waals surface area contributed by atoms with Gasteiger partial charge in [0.1, 0.15) is 0 Å². The molecule has 6 heteroatoms. The van der Waals surface area contributed by atoms with Gasteiger partial charge in [-0.15, -0.1) is 0 Å². The molecule has 0 saturated carbocycles. The average molecular weight is 398 g/mol. The number of anilines is 1. The molecular formula is C22H24ClN3O2. The highest BCUT2D eigenvalue weighted by Gasteiger charge is 2.37. The molecule has 2 heterocycles. The summed E-state index contributed by atoms with van der Waals surface area (Å²) < 4.78 is 0. The molecule has 2 aromatic carbocycles. The van der Waals surface area contributed by atoms with Crippen LogP contribution in [0.5, 0.6) is 0 Å². The topological polar surface area (TPSA) is 43.9 Å². The average Bonchev–Trinajstić information content (AvgIpc) is 3.10. The number of para-hydroxylation sites is 1. The molecule has 2 amide bonds. The lowest BCUT2D eigenvalue weighted by Crippen LogP contribution is -2.50. The van der Waals surface area contributed by atoms with Crippen molar-refractivity contribution in [3.63, 3.8) is 0 Å². The molecule has 28 heavy (non-hydrogen) atoms. The quantitative estimate of drug-likeness (QED) is 0.796. The first kappa shape index (κ1) is 18.8. The Morgan fingerprint density at radius 3 is 2.36 bits per heavy atom. The number of piperazine rings is 1. The summed E-state index contributed by atoms with van der Waals surface area (Å²) in [4.78, 5) is 31.4. The van der Waals surface area contributed by atoms with E-state index in [-0.39, 0.29) is 17.7 Å². The lowest BCUT2D eigenvalue weighted by molar-refractivity contribution is -0.136. The molecule has 2 aliphatic rings. The van der Waals surface area contributed by atoms with Crippen LogP contribution in [-0.2, 0) is 16.1 Å². The predicted molar refractivity (Wildman–Crippen MR) is 110 cm³/mol. The molecular weight excluding hydrogens is 374 g/mol. The molecule has 1 atom stereocenters. The van der Waals surface area contributed by atoms with Gasteiger partial charge >= 0.3 is 0 Å². The van der Waals surface area contributed by atoms with Gasteiger partial charge in [0, 0.05) is 56.4 Å². The second-order valence-corrected chi connectivity index (χ2v) is 7.82. The Kier molecular flexibility index (Phi) is 5.53. The summed E-state index contributed by atoms with van der Waals surface area (Å²) in [6.45, 7) is 3.97. The number of benzene rings is 2. The Balaban J connectivity index is 1.33. The van der Waals surface area contributed by atoms with Gasteiger partial charge in [0.2, 0.25) is 11.8 Å². The third kappa shape index (κ3) is 3.99. The molecule has 0 bridgehead atoms. The number of likely N-dealkylation sites (tertiary alicyclic amines) is 1. The van der Waals surface area contributed by atoms with Gasteiger partial charge in [-0.25, -0.2) is 0 Å². The SMILES string of the molecule is O=C1C[C@@H](C(=O)N2CCN(c3ccccc3)CC2)CN1Cc1ccccc1Cl. The molecule has 2 saturated heterocycles. The fourth-order valence-corrected chi connectivity index (χ4v) is 4.20. The summed E-state index contributed by atoms with van der Waals surface area (Å²) >= 11 is 6.22. The van der Waals surface area contributed by atoms with Crippen molar-refractivity contribution >= 4 is 29.1 Å². The number of nitrogens with zero attached hydrogens (tertiary/aromatic N) is 3. The summed E-state index contributed by atoms with van der Waals surface area (Å²) in [5.41, 5.74) is 2.11. The third-order valence-electron chi connectivity index (χ3n) is 5.60. The number of rotatable bonds is 4. The van der Waals surface area contributed by atoms with Crippen LogP contribution in [0.15, 0.2) is 54.6 Å². The number of hydrogen-bond acceptors (Lipinski definition) is 3. The van der Waals surface area contributed by atoms with Crippen molar-refractivity contribution in [3.8, 4) is 0 Å². The Hall–Kier alpha value is -2.53. The summed E-state index contributed by atoms with van der Waals surface area (Å²) in [5, 5.41) is 0.655. The normalized spacial score (nSPS) is 20.0. The second-order valence-electron chi connectivity index (χ2n) is 7.41. The molecule has 5 nitrogen and oxygen atoms in total. The van der Waals surface area contributed by atoms with Crippen molar-refractivity contribution in [2.24, 2.45) is 5.92 Å². The number of carbonyl (C=O) groups excluding carboxylic acids is 2. The van der Waals surface area contributed by atoms with E-state index < -0.39 is 0 Å². The molecule has 2 aliphatic heterocycles. The van der Waals surface area contributed by atoms with Gasteiger partial charge in [-0.05, 0) is 23.8 Å². The molecule has 146 valence electrons. The lowest BCUT2D eigenvalue weighted by Gasteiger charge is -2.37. The van der Waals surface area contributed by atoms with Crippen LogP contribution >= 0.6 is 11.6 Å². The van der Waals surface area contributed by atoms with Crippen LogP contribution < -0.4 is 4.90 Å². The van der Waals surface area contributed by atoms with Gasteiger partial charge in [0.15, 0.2) is 0 Å². The van der Waals surface area contributed by atoms with Crippen molar-refractivity contribution in [2.75, 3.05) is 37.6 Å².